The Kier molecular flexibility index (Phi) is 6.20. The molecule has 0 spiro atoms. The number of piperidine rings is 1. The summed E-state index contributed by atoms with van der Waals surface area (Å²) in [6, 6.07) is 18.0. The van der Waals surface area contributed by atoms with Gasteiger partial charge in [-0.1, -0.05) is 35.9 Å². The van der Waals surface area contributed by atoms with Crippen molar-refractivity contribution in [1.29, 1.82) is 0 Å². The highest BCUT2D eigenvalue weighted by atomic mass is 35.5. The van der Waals surface area contributed by atoms with Crippen molar-refractivity contribution in [2.45, 2.75) is 31.6 Å². The Bertz CT molecular complexity index is 951. The third-order valence-electron chi connectivity index (χ3n) is 5.47. The predicted molar refractivity (Wildman–Crippen MR) is 115 cm³/mol. The van der Waals surface area contributed by atoms with Gasteiger partial charge in [-0.3, -0.25) is 14.8 Å². The van der Waals surface area contributed by atoms with Crippen molar-refractivity contribution in [2.75, 3.05) is 13.1 Å². The molecule has 29 heavy (non-hydrogen) atoms. The summed E-state index contributed by atoms with van der Waals surface area (Å²) >= 11 is 5.97. The molecule has 4 rings (SSSR count). The molecule has 0 aliphatic carbocycles. The molecule has 3 aromatic rings. The first kappa shape index (κ1) is 19.6. The molecule has 3 heterocycles. The second-order valence-corrected chi connectivity index (χ2v) is 7.99. The molecule has 0 atom stereocenters. The Hall–Kier alpha value is -2.72. The number of rotatable bonds is 5. The molecule has 2 aromatic heterocycles. The maximum Gasteiger partial charge on any atom is 0.227 e. The molecule has 1 amide bonds. The number of hydrogen-bond acceptors (Lipinski definition) is 3. The van der Waals surface area contributed by atoms with E-state index >= 15 is 0 Å². The molecule has 1 aliphatic heterocycles. The fraction of sp³-hybridized carbons (Fsp3) is 0.292. The molecule has 1 saturated heterocycles. The van der Waals surface area contributed by atoms with Gasteiger partial charge in [0.05, 0.1) is 6.42 Å². The number of aromatic nitrogens is 2. The van der Waals surface area contributed by atoms with Gasteiger partial charge in [-0.2, -0.15) is 0 Å². The highest BCUT2D eigenvalue weighted by Gasteiger charge is 2.24. The fourth-order valence-electron chi connectivity index (χ4n) is 3.85. The van der Waals surface area contributed by atoms with Gasteiger partial charge >= 0.3 is 0 Å². The number of likely N-dealkylation sites (tertiary alicyclic amines) is 1. The van der Waals surface area contributed by atoms with E-state index in [4.69, 9.17) is 16.6 Å². The molecule has 0 radical (unpaired) electrons. The zero-order valence-electron chi connectivity index (χ0n) is 16.3. The lowest BCUT2D eigenvalue weighted by Crippen LogP contribution is -2.39. The number of carbonyl (C=O) groups excluding carboxylic acids is 1. The van der Waals surface area contributed by atoms with Crippen LogP contribution in [0.4, 0.5) is 0 Å². The minimum atomic E-state index is 0.181. The molecule has 0 saturated carbocycles. The van der Waals surface area contributed by atoms with E-state index in [1.165, 1.54) is 5.56 Å². The number of nitrogens with zero attached hydrogens (tertiary/aromatic N) is 3. The second kappa shape index (κ2) is 9.19. The minimum absolute atomic E-state index is 0.181. The third-order valence-corrected chi connectivity index (χ3v) is 5.72. The number of hydrogen-bond donors (Lipinski definition) is 0. The zero-order chi connectivity index (χ0) is 20.1. The Balaban J connectivity index is 1.34. The monoisotopic (exact) mass is 405 g/mol. The summed E-state index contributed by atoms with van der Waals surface area (Å²) in [6.45, 7) is 1.57. The molecule has 148 valence electrons. The van der Waals surface area contributed by atoms with Crippen LogP contribution in [0.25, 0.3) is 0 Å². The smallest absolute Gasteiger partial charge is 0.227 e. The van der Waals surface area contributed by atoms with Gasteiger partial charge in [0.2, 0.25) is 5.91 Å². The van der Waals surface area contributed by atoms with Crippen LogP contribution in [0.3, 0.4) is 0 Å². The lowest BCUT2D eigenvalue weighted by atomic mass is 9.92. The number of pyridine rings is 2. The fourth-order valence-corrected chi connectivity index (χ4v) is 3.98. The minimum Gasteiger partial charge on any atom is -0.342 e. The summed E-state index contributed by atoms with van der Waals surface area (Å²) in [7, 11) is 0. The van der Waals surface area contributed by atoms with E-state index in [0.717, 1.165) is 54.3 Å². The normalized spacial score (nSPS) is 14.7. The predicted octanol–water partition coefficient (Wildman–Crippen LogP) is 4.67. The number of carbonyl (C=O) groups is 1. The summed E-state index contributed by atoms with van der Waals surface area (Å²) in [5.74, 6) is 0.587. The van der Waals surface area contributed by atoms with Gasteiger partial charge in [-0.05, 0) is 54.3 Å². The number of benzene rings is 1. The third kappa shape index (κ3) is 5.21. The Morgan fingerprint density at radius 1 is 1.00 bits per heavy atom. The SMILES string of the molecule is O=C(Cc1cccnc1)N1CCC(c2cccc(Cc3ccc(Cl)cc3)n2)CC1. The largest absolute Gasteiger partial charge is 0.342 e. The lowest BCUT2D eigenvalue weighted by Gasteiger charge is -2.32. The van der Waals surface area contributed by atoms with Gasteiger partial charge < -0.3 is 4.90 Å². The van der Waals surface area contributed by atoms with Crippen LogP contribution in [0.1, 0.15) is 41.3 Å². The maximum absolute atomic E-state index is 12.6. The molecule has 1 aliphatic rings. The number of amides is 1. The quantitative estimate of drug-likeness (QED) is 0.619. The first-order chi connectivity index (χ1) is 14.2. The summed E-state index contributed by atoms with van der Waals surface area (Å²) in [6.07, 6.45) is 6.63. The summed E-state index contributed by atoms with van der Waals surface area (Å²) < 4.78 is 0. The Morgan fingerprint density at radius 2 is 1.79 bits per heavy atom. The van der Waals surface area contributed by atoms with Gasteiger partial charge in [0.1, 0.15) is 0 Å². The summed E-state index contributed by atoms with van der Waals surface area (Å²) in [5, 5.41) is 0.750. The van der Waals surface area contributed by atoms with Crippen LogP contribution >= 0.6 is 11.6 Å². The molecule has 4 nitrogen and oxygen atoms in total. The summed E-state index contributed by atoms with van der Waals surface area (Å²) in [4.78, 5) is 23.5. The van der Waals surface area contributed by atoms with Gasteiger partial charge in [0.25, 0.3) is 0 Å². The van der Waals surface area contributed by atoms with Crippen molar-refractivity contribution < 1.29 is 4.79 Å². The molecular formula is C24H24ClN3O. The van der Waals surface area contributed by atoms with Crippen molar-refractivity contribution in [2.24, 2.45) is 0 Å². The van der Waals surface area contributed by atoms with E-state index in [9.17, 15) is 4.79 Å². The van der Waals surface area contributed by atoms with E-state index in [-0.39, 0.29) is 5.91 Å². The van der Waals surface area contributed by atoms with E-state index < -0.39 is 0 Å². The Morgan fingerprint density at radius 3 is 2.52 bits per heavy atom. The van der Waals surface area contributed by atoms with Crippen LogP contribution in [0.15, 0.2) is 67.0 Å². The molecule has 0 bridgehead atoms. The molecule has 0 unspecified atom stereocenters. The average Bonchev–Trinajstić information content (AvgIpc) is 2.76. The van der Waals surface area contributed by atoms with Crippen LogP contribution in [0.2, 0.25) is 5.02 Å². The van der Waals surface area contributed by atoms with Gasteiger partial charge in [-0.15, -0.1) is 0 Å². The molecular weight excluding hydrogens is 382 g/mol. The average molecular weight is 406 g/mol. The number of halogens is 1. The van der Waals surface area contributed by atoms with E-state index in [0.29, 0.717) is 12.3 Å². The first-order valence-electron chi connectivity index (χ1n) is 10.0. The molecule has 0 N–H and O–H groups in total. The molecule has 1 fully saturated rings. The van der Waals surface area contributed by atoms with Crippen molar-refractivity contribution in [3.05, 3.63) is 94.5 Å². The highest BCUT2D eigenvalue weighted by molar-refractivity contribution is 6.30. The standard InChI is InChI=1S/C24H24ClN3O/c25-21-8-6-18(7-9-21)15-22-4-1-5-23(27-22)20-10-13-28(14-11-20)24(29)16-19-3-2-12-26-17-19/h1-9,12,17,20H,10-11,13-16H2. The van der Waals surface area contributed by atoms with Crippen LogP contribution in [-0.4, -0.2) is 33.9 Å². The van der Waals surface area contributed by atoms with Gasteiger partial charge in [0, 0.05) is 54.2 Å². The van der Waals surface area contributed by atoms with Crippen LogP contribution < -0.4 is 0 Å². The topological polar surface area (TPSA) is 46.1 Å². The Labute approximate surface area is 176 Å². The van der Waals surface area contributed by atoms with Crippen molar-refractivity contribution in [3.63, 3.8) is 0 Å². The van der Waals surface area contributed by atoms with E-state index in [1.807, 2.05) is 41.3 Å². The first-order valence-corrected chi connectivity index (χ1v) is 10.4. The summed E-state index contributed by atoms with van der Waals surface area (Å²) in [5.41, 5.74) is 4.38. The van der Waals surface area contributed by atoms with Crippen molar-refractivity contribution in [3.8, 4) is 0 Å². The van der Waals surface area contributed by atoms with E-state index in [2.05, 4.69) is 23.2 Å². The van der Waals surface area contributed by atoms with Crippen molar-refractivity contribution >= 4 is 17.5 Å². The zero-order valence-corrected chi connectivity index (χ0v) is 17.1. The maximum atomic E-state index is 12.6. The second-order valence-electron chi connectivity index (χ2n) is 7.55. The lowest BCUT2D eigenvalue weighted by molar-refractivity contribution is -0.131. The van der Waals surface area contributed by atoms with Gasteiger partial charge in [-0.25, -0.2) is 0 Å². The van der Waals surface area contributed by atoms with Crippen molar-refractivity contribution in [1.82, 2.24) is 14.9 Å². The molecule has 1 aromatic carbocycles. The van der Waals surface area contributed by atoms with E-state index in [1.54, 1.807) is 12.4 Å². The van der Waals surface area contributed by atoms with Crippen LogP contribution in [0, 0.1) is 0 Å². The molecule has 5 heteroatoms. The van der Waals surface area contributed by atoms with Crippen LogP contribution in [-0.2, 0) is 17.6 Å². The van der Waals surface area contributed by atoms with Crippen LogP contribution in [0.5, 0.6) is 0 Å². The van der Waals surface area contributed by atoms with Gasteiger partial charge in [0.15, 0.2) is 0 Å². The highest BCUT2D eigenvalue weighted by Crippen LogP contribution is 2.27.